The predicted molar refractivity (Wildman–Crippen MR) is 88.3 cm³/mol. The summed E-state index contributed by atoms with van der Waals surface area (Å²) in [5, 5.41) is 10.6. The summed E-state index contributed by atoms with van der Waals surface area (Å²) in [5.41, 5.74) is 6.91. The van der Waals surface area contributed by atoms with Gasteiger partial charge in [-0.05, 0) is 23.8 Å². The zero-order chi connectivity index (χ0) is 16.7. The lowest BCUT2D eigenvalue weighted by molar-refractivity contribution is -0.384. The van der Waals surface area contributed by atoms with Gasteiger partial charge >= 0.3 is 0 Å². The summed E-state index contributed by atoms with van der Waals surface area (Å²) in [6.45, 7) is 3.77. The van der Waals surface area contributed by atoms with Gasteiger partial charge in [-0.2, -0.15) is 0 Å². The topological polar surface area (TPSA) is 84.3 Å². The zero-order valence-electron chi connectivity index (χ0n) is 12.2. The number of nitrogens with zero attached hydrogens (tertiary/aromatic N) is 1. The van der Waals surface area contributed by atoms with Gasteiger partial charge in [0.15, 0.2) is 0 Å². The van der Waals surface area contributed by atoms with E-state index in [-0.39, 0.29) is 5.69 Å². The molecule has 0 unspecified atom stereocenters. The maximum Gasteiger partial charge on any atom is 0.269 e. The van der Waals surface area contributed by atoms with Gasteiger partial charge in [-0.1, -0.05) is 43.0 Å². The van der Waals surface area contributed by atoms with Crippen LogP contribution >= 0.6 is 0 Å². The predicted octanol–water partition coefficient (Wildman–Crippen LogP) is 3.06. The molecule has 0 saturated heterocycles. The first kappa shape index (κ1) is 16.0. The quantitative estimate of drug-likeness (QED) is 0.488. The van der Waals surface area contributed by atoms with Crippen LogP contribution in [0.4, 0.5) is 5.69 Å². The van der Waals surface area contributed by atoms with Crippen molar-refractivity contribution in [3.05, 3.63) is 94.2 Å². The first-order valence-electron chi connectivity index (χ1n) is 6.79. The van der Waals surface area contributed by atoms with Gasteiger partial charge in [0.2, 0.25) is 0 Å². The number of allylic oxidation sites excluding steroid dienone is 1. The van der Waals surface area contributed by atoms with Gasteiger partial charge in [-0.3, -0.25) is 25.8 Å². The Labute approximate surface area is 133 Å². The molecule has 2 aromatic rings. The SMILES string of the molecule is C=C(C=Cc1ccccc1)NNC(=O)c1ccc([N+](=O)[O-])cc1. The van der Waals surface area contributed by atoms with Crippen molar-refractivity contribution < 1.29 is 9.72 Å². The van der Waals surface area contributed by atoms with Gasteiger partial charge < -0.3 is 0 Å². The number of nitro benzene ring substituents is 1. The van der Waals surface area contributed by atoms with Crippen molar-refractivity contribution in [2.24, 2.45) is 0 Å². The van der Waals surface area contributed by atoms with E-state index < -0.39 is 10.8 Å². The standard InChI is InChI=1S/C17H15N3O3/c1-13(7-8-14-5-3-2-4-6-14)18-19-17(21)15-9-11-16(12-10-15)20(22)23/h2-12,18H,1H2,(H,19,21). The van der Waals surface area contributed by atoms with Crippen LogP contribution in [0.2, 0.25) is 0 Å². The number of nitrogens with one attached hydrogen (secondary N) is 2. The number of nitro groups is 1. The molecule has 0 heterocycles. The molecule has 2 N–H and O–H groups in total. The van der Waals surface area contributed by atoms with Crippen LogP contribution in [0, 0.1) is 10.1 Å². The van der Waals surface area contributed by atoms with E-state index in [1.807, 2.05) is 36.4 Å². The minimum atomic E-state index is -0.518. The second kappa shape index (κ2) is 7.56. The normalized spacial score (nSPS) is 10.3. The summed E-state index contributed by atoms with van der Waals surface area (Å²) in [6.07, 6.45) is 3.58. The summed E-state index contributed by atoms with van der Waals surface area (Å²) in [5.74, 6) is -0.408. The Bertz CT molecular complexity index is 737. The van der Waals surface area contributed by atoms with Crippen LogP contribution < -0.4 is 10.9 Å². The highest BCUT2D eigenvalue weighted by atomic mass is 16.6. The second-order valence-corrected chi connectivity index (χ2v) is 4.65. The summed E-state index contributed by atoms with van der Waals surface area (Å²) in [6, 6.07) is 15.0. The third kappa shape index (κ3) is 4.82. The Hall–Kier alpha value is -3.41. The van der Waals surface area contributed by atoms with Gasteiger partial charge in [-0.25, -0.2) is 0 Å². The van der Waals surface area contributed by atoms with Crippen LogP contribution in [0.3, 0.4) is 0 Å². The number of carbonyl (C=O) groups excluding carboxylic acids is 1. The molecule has 0 aliphatic carbocycles. The Morgan fingerprint density at radius 3 is 2.30 bits per heavy atom. The second-order valence-electron chi connectivity index (χ2n) is 4.65. The average Bonchev–Trinajstić information content (AvgIpc) is 2.58. The minimum Gasteiger partial charge on any atom is -0.299 e. The maximum absolute atomic E-state index is 11.9. The number of rotatable bonds is 6. The molecule has 0 atom stereocenters. The van der Waals surface area contributed by atoms with Crippen molar-refractivity contribution >= 4 is 17.7 Å². The summed E-state index contributed by atoms with van der Waals surface area (Å²) >= 11 is 0. The van der Waals surface area contributed by atoms with Crippen molar-refractivity contribution in [2.75, 3.05) is 0 Å². The van der Waals surface area contributed by atoms with E-state index in [0.29, 0.717) is 11.3 Å². The monoisotopic (exact) mass is 309 g/mol. The molecule has 6 nitrogen and oxygen atoms in total. The van der Waals surface area contributed by atoms with E-state index in [1.165, 1.54) is 24.3 Å². The molecule has 0 bridgehead atoms. The number of hydrazine groups is 1. The molecular formula is C17H15N3O3. The highest BCUT2D eigenvalue weighted by Gasteiger charge is 2.08. The van der Waals surface area contributed by atoms with Gasteiger partial charge in [0.25, 0.3) is 11.6 Å². The molecule has 6 heteroatoms. The molecule has 0 aliphatic rings. The molecule has 0 spiro atoms. The number of hydrogen-bond donors (Lipinski definition) is 2. The molecule has 2 aromatic carbocycles. The molecule has 0 aliphatic heterocycles. The van der Waals surface area contributed by atoms with Crippen LogP contribution in [0.15, 0.2) is 72.9 Å². The van der Waals surface area contributed by atoms with Gasteiger partial charge in [0.1, 0.15) is 0 Å². The third-order valence-electron chi connectivity index (χ3n) is 2.95. The van der Waals surface area contributed by atoms with Crippen molar-refractivity contribution in [3.8, 4) is 0 Å². The fraction of sp³-hybridized carbons (Fsp3) is 0. The minimum absolute atomic E-state index is 0.0651. The van der Waals surface area contributed by atoms with E-state index in [0.717, 1.165) is 5.56 Å². The van der Waals surface area contributed by atoms with Crippen molar-refractivity contribution in [1.29, 1.82) is 0 Å². The molecule has 0 saturated carbocycles. The molecule has 2 rings (SSSR count). The Morgan fingerprint density at radius 1 is 1.04 bits per heavy atom. The van der Waals surface area contributed by atoms with E-state index in [2.05, 4.69) is 17.4 Å². The molecule has 0 fully saturated rings. The number of non-ortho nitro benzene ring substituents is 1. The van der Waals surface area contributed by atoms with Crippen LogP contribution in [-0.4, -0.2) is 10.8 Å². The van der Waals surface area contributed by atoms with Gasteiger partial charge in [0, 0.05) is 23.4 Å². The van der Waals surface area contributed by atoms with E-state index in [9.17, 15) is 14.9 Å². The molecule has 23 heavy (non-hydrogen) atoms. The first-order chi connectivity index (χ1) is 11.1. The maximum atomic E-state index is 11.9. The van der Waals surface area contributed by atoms with Crippen LogP contribution in [0.25, 0.3) is 6.08 Å². The molecule has 0 aromatic heterocycles. The number of benzene rings is 2. The summed E-state index contributed by atoms with van der Waals surface area (Å²) in [4.78, 5) is 21.9. The number of carbonyl (C=O) groups is 1. The molecule has 0 radical (unpaired) electrons. The fourth-order valence-electron chi connectivity index (χ4n) is 1.75. The Kier molecular flexibility index (Phi) is 5.25. The molecular weight excluding hydrogens is 294 g/mol. The average molecular weight is 309 g/mol. The lowest BCUT2D eigenvalue weighted by Crippen LogP contribution is -2.35. The first-order valence-corrected chi connectivity index (χ1v) is 6.79. The Balaban J connectivity index is 1.87. The summed E-state index contributed by atoms with van der Waals surface area (Å²) < 4.78 is 0. The number of amides is 1. The van der Waals surface area contributed by atoms with Gasteiger partial charge in [-0.15, -0.1) is 0 Å². The fourth-order valence-corrected chi connectivity index (χ4v) is 1.75. The van der Waals surface area contributed by atoms with Crippen LogP contribution in [0.5, 0.6) is 0 Å². The molecule has 1 amide bonds. The van der Waals surface area contributed by atoms with E-state index in [1.54, 1.807) is 6.08 Å². The van der Waals surface area contributed by atoms with Crippen molar-refractivity contribution in [3.63, 3.8) is 0 Å². The van der Waals surface area contributed by atoms with Crippen LogP contribution in [-0.2, 0) is 0 Å². The summed E-state index contributed by atoms with van der Waals surface area (Å²) in [7, 11) is 0. The smallest absolute Gasteiger partial charge is 0.269 e. The molecule has 116 valence electrons. The highest BCUT2D eigenvalue weighted by molar-refractivity contribution is 5.94. The van der Waals surface area contributed by atoms with Crippen molar-refractivity contribution in [1.82, 2.24) is 10.9 Å². The highest BCUT2D eigenvalue weighted by Crippen LogP contribution is 2.11. The van der Waals surface area contributed by atoms with E-state index in [4.69, 9.17) is 0 Å². The lowest BCUT2D eigenvalue weighted by atomic mass is 10.2. The Morgan fingerprint density at radius 2 is 1.70 bits per heavy atom. The van der Waals surface area contributed by atoms with Crippen LogP contribution in [0.1, 0.15) is 15.9 Å². The zero-order valence-corrected chi connectivity index (χ0v) is 12.2. The third-order valence-corrected chi connectivity index (χ3v) is 2.95. The van der Waals surface area contributed by atoms with Crippen molar-refractivity contribution in [2.45, 2.75) is 0 Å². The number of hydrogen-bond acceptors (Lipinski definition) is 4. The van der Waals surface area contributed by atoms with Gasteiger partial charge in [0.05, 0.1) is 4.92 Å². The van der Waals surface area contributed by atoms with E-state index >= 15 is 0 Å². The lowest BCUT2D eigenvalue weighted by Gasteiger charge is -2.08. The largest absolute Gasteiger partial charge is 0.299 e.